The summed E-state index contributed by atoms with van der Waals surface area (Å²) in [6.07, 6.45) is 0. The van der Waals surface area contributed by atoms with Crippen molar-refractivity contribution in [2.24, 2.45) is 0 Å². The Morgan fingerprint density at radius 3 is 2.75 bits per heavy atom. The molecule has 4 nitrogen and oxygen atoms in total. The van der Waals surface area contributed by atoms with Crippen molar-refractivity contribution in [3.05, 3.63) is 52.8 Å². The number of hydrogen-bond acceptors (Lipinski definition) is 3. The van der Waals surface area contributed by atoms with Crippen LogP contribution in [0.5, 0.6) is 5.75 Å². The lowest BCUT2D eigenvalue weighted by Crippen LogP contribution is -2.14. The Morgan fingerprint density at radius 2 is 2.05 bits per heavy atom. The average Bonchev–Trinajstić information content (AvgIpc) is 2.42. The lowest BCUT2D eigenvalue weighted by molar-refractivity contribution is 0.102. The van der Waals surface area contributed by atoms with Gasteiger partial charge < -0.3 is 15.8 Å². The SMILES string of the molecule is COc1ccc(Cl)cc1C(=O)Nc1cc(N)ccc1F. The van der Waals surface area contributed by atoms with Gasteiger partial charge in [-0.05, 0) is 36.4 Å². The minimum atomic E-state index is -0.575. The first-order valence-corrected chi connectivity index (χ1v) is 6.09. The van der Waals surface area contributed by atoms with Gasteiger partial charge in [0.2, 0.25) is 0 Å². The van der Waals surface area contributed by atoms with Gasteiger partial charge in [0.05, 0.1) is 18.4 Å². The highest BCUT2D eigenvalue weighted by atomic mass is 35.5. The number of nitrogen functional groups attached to an aromatic ring is 1. The summed E-state index contributed by atoms with van der Waals surface area (Å²) in [6, 6.07) is 8.53. The van der Waals surface area contributed by atoms with E-state index < -0.39 is 11.7 Å². The van der Waals surface area contributed by atoms with Crippen LogP contribution in [0.25, 0.3) is 0 Å². The smallest absolute Gasteiger partial charge is 0.259 e. The molecule has 0 aliphatic carbocycles. The van der Waals surface area contributed by atoms with E-state index >= 15 is 0 Å². The zero-order valence-corrected chi connectivity index (χ0v) is 11.4. The Morgan fingerprint density at radius 1 is 1.30 bits per heavy atom. The minimum Gasteiger partial charge on any atom is -0.496 e. The van der Waals surface area contributed by atoms with Crippen molar-refractivity contribution < 1.29 is 13.9 Å². The van der Waals surface area contributed by atoms with Crippen LogP contribution in [0.15, 0.2) is 36.4 Å². The van der Waals surface area contributed by atoms with Crippen LogP contribution in [0.1, 0.15) is 10.4 Å². The molecule has 0 bridgehead atoms. The first kappa shape index (κ1) is 14.1. The number of carbonyl (C=O) groups is 1. The summed E-state index contributed by atoms with van der Waals surface area (Å²) in [6.45, 7) is 0. The predicted octanol–water partition coefficient (Wildman–Crippen LogP) is 3.32. The molecular weight excluding hydrogens is 283 g/mol. The standard InChI is InChI=1S/C14H12ClFN2O2/c1-20-13-5-2-8(15)6-10(13)14(19)18-12-7-9(17)3-4-11(12)16/h2-7H,17H2,1H3,(H,18,19). The number of hydrogen-bond donors (Lipinski definition) is 2. The van der Waals surface area contributed by atoms with Gasteiger partial charge in [-0.1, -0.05) is 11.6 Å². The van der Waals surface area contributed by atoms with Crippen LogP contribution < -0.4 is 15.8 Å². The monoisotopic (exact) mass is 294 g/mol. The maximum Gasteiger partial charge on any atom is 0.259 e. The van der Waals surface area contributed by atoms with Crippen LogP contribution in [-0.4, -0.2) is 13.0 Å². The van der Waals surface area contributed by atoms with Gasteiger partial charge in [0.15, 0.2) is 0 Å². The fourth-order valence-corrected chi connectivity index (χ4v) is 1.86. The van der Waals surface area contributed by atoms with E-state index in [4.69, 9.17) is 22.1 Å². The molecule has 0 aliphatic rings. The topological polar surface area (TPSA) is 64.3 Å². The van der Waals surface area contributed by atoms with Crippen LogP contribution >= 0.6 is 11.6 Å². The molecule has 3 N–H and O–H groups in total. The van der Waals surface area contributed by atoms with Crippen molar-refractivity contribution in [1.29, 1.82) is 0 Å². The van der Waals surface area contributed by atoms with Crippen molar-refractivity contribution in [3.8, 4) is 5.75 Å². The van der Waals surface area contributed by atoms with Crippen molar-refractivity contribution in [2.75, 3.05) is 18.2 Å². The number of carbonyl (C=O) groups excluding carboxylic acids is 1. The highest BCUT2D eigenvalue weighted by Crippen LogP contribution is 2.25. The molecule has 2 aromatic rings. The maximum absolute atomic E-state index is 13.6. The molecule has 0 unspecified atom stereocenters. The van der Waals surface area contributed by atoms with E-state index in [-0.39, 0.29) is 11.3 Å². The van der Waals surface area contributed by atoms with E-state index in [2.05, 4.69) is 5.32 Å². The molecule has 20 heavy (non-hydrogen) atoms. The highest BCUT2D eigenvalue weighted by Gasteiger charge is 2.15. The van der Waals surface area contributed by atoms with E-state index in [0.29, 0.717) is 16.5 Å². The first-order chi connectivity index (χ1) is 9.51. The minimum absolute atomic E-state index is 0.00275. The van der Waals surface area contributed by atoms with Gasteiger partial charge in [-0.25, -0.2) is 4.39 Å². The van der Waals surface area contributed by atoms with Crippen molar-refractivity contribution in [2.45, 2.75) is 0 Å². The van der Waals surface area contributed by atoms with E-state index in [9.17, 15) is 9.18 Å². The zero-order valence-electron chi connectivity index (χ0n) is 10.6. The number of nitrogens with two attached hydrogens (primary N) is 1. The summed E-state index contributed by atoms with van der Waals surface area (Å²) in [5.74, 6) is -0.765. The normalized spacial score (nSPS) is 10.2. The van der Waals surface area contributed by atoms with Crippen LogP contribution in [-0.2, 0) is 0 Å². The lowest BCUT2D eigenvalue weighted by atomic mass is 10.1. The fraction of sp³-hybridized carbons (Fsp3) is 0.0714. The number of ether oxygens (including phenoxy) is 1. The molecule has 2 rings (SSSR count). The van der Waals surface area contributed by atoms with Gasteiger partial charge >= 0.3 is 0 Å². The van der Waals surface area contributed by atoms with Crippen LogP contribution in [0.2, 0.25) is 5.02 Å². The van der Waals surface area contributed by atoms with E-state index in [1.807, 2.05) is 0 Å². The van der Waals surface area contributed by atoms with Crippen molar-refractivity contribution in [1.82, 2.24) is 0 Å². The second-order valence-electron chi connectivity index (χ2n) is 4.04. The van der Waals surface area contributed by atoms with E-state index in [1.54, 1.807) is 12.1 Å². The van der Waals surface area contributed by atoms with E-state index in [1.165, 1.54) is 31.4 Å². The molecule has 0 radical (unpaired) electrons. The van der Waals surface area contributed by atoms with Crippen molar-refractivity contribution in [3.63, 3.8) is 0 Å². The van der Waals surface area contributed by atoms with Gasteiger partial charge in [0, 0.05) is 10.7 Å². The third-order valence-electron chi connectivity index (χ3n) is 2.64. The summed E-state index contributed by atoms with van der Waals surface area (Å²) in [4.78, 5) is 12.2. The summed E-state index contributed by atoms with van der Waals surface area (Å²) < 4.78 is 18.7. The molecule has 0 atom stereocenters. The molecule has 104 valence electrons. The Hall–Kier alpha value is -2.27. The number of nitrogens with one attached hydrogen (secondary N) is 1. The number of methoxy groups -OCH3 is 1. The summed E-state index contributed by atoms with van der Waals surface area (Å²) in [5.41, 5.74) is 6.11. The molecule has 0 fully saturated rings. The second kappa shape index (κ2) is 5.79. The van der Waals surface area contributed by atoms with Gasteiger partial charge in [-0.2, -0.15) is 0 Å². The zero-order chi connectivity index (χ0) is 14.7. The van der Waals surface area contributed by atoms with Gasteiger partial charge in [-0.3, -0.25) is 4.79 Å². The summed E-state index contributed by atoms with van der Waals surface area (Å²) in [7, 11) is 1.43. The Bertz CT molecular complexity index is 662. The molecule has 0 aliphatic heterocycles. The first-order valence-electron chi connectivity index (χ1n) is 5.71. The number of benzene rings is 2. The number of rotatable bonds is 3. The van der Waals surface area contributed by atoms with Crippen LogP contribution in [0.3, 0.4) is 0 Å². The lowest BCUT2D eigenvalue weighted by Gasteiger charge is -2.10. The second-order valence-corrected chi connectivity index (χ2v) is 4.47. The Labute approximate surface area is 120 Å². The number of halogens is 2. The quantitative estimate of drug-likeness (QED) is 0.854. The molecule has 0 spiro atoms. The third-order valence-corrected chi connectivity index (χ3v) is 2.88. The Kier molecular flexibility index (Phi) is 4.10. The van der Waals surface area contributed by atoms with Crippen LogP contribution in [0, 0.1) is 5.82 Å². The summed E-state index contributed by atoms with van der Waals surface area (Å²) in [5, 5.41) is 2.82. The molecule has 2 aromatic carbocycles. The van der Waals surface area contributed by atoms with Crippen LogP contribution in [0.4, 0.5) is 15.8 Å². The van der Waals surface area contributed by atoms with Gasteiger partial charge in [0.25, 0.3) is 5.91 Å². The number of amides is 1. The molecule has 6 heteroatoms. The molecule has 0 saturated carbocycles. The van der Waals surface area contributed by atoms with Crippen molar-refractivity contribution >= 4 is 28.9 Å². The largest absolute Gasteiger partial charge is 0.496 e. The third kappa shape index (κ3) is 3.00. The predicted molar refractivity (Wildman–Crippen MR) is 76.8 cm³/mol. The van der Waals surface area contributed by atoms with E-state index in [0.717, 1.165) is 0 Å². The highest BCUT2D eigenvalue weighted by molar-refractivity contribution is 6.31. The molecular formula is C14H12ClFN2O2. The van der Waals surface area contributed by atoms with Gasteiger partial charge in [-0.15, -0.1) is 0 Å². The van der Waals surface area contributed by atoms with Gasteiger partial charge in [0.1, 0.15) is 11.6 Å². The average molecular weight is 295 g/mol. The molecule has 0 heterocycles. The maximum atomic E-state index is 13.6. The summed E-state index contributed by atoms with van der Waals surface area (Å²) >= 11 is 5.85. The molecule has 0 aromatic heterocycles. The molecule has 1 amide bonds. The molecule has 0 saturated heterocycles. The Balaban J connectivity index is 2.32. The number of anilines is 2. The fourth-order valence-electron chi connectivity index (χ4n) is 1.69.